The lowest BCUT2D eigenvalue weighted by Crippen LogP contribution is -2.46. The van der Waals surface area contributed by atoms with Crippen LogP contribution in [-0.4, -0.2) is 38.3 Å². The second kappa shape index (κ2) is 7.09. The molecule has 2 N–H and O–H groups in total. The number of halogens is 1. The smallest absolute Gasteiger partial charge is 0.246 e. The first-order valence-corrected chi connectivity index (χ1v) is 5.92. The maximum atomic E-state index is 11.4. The summed E-state index contributed by atoms with van der Waals surface area (Å²) in [6.45, 7) is 2.96. The molecule has 0 spiro atoms. The summed E-state index contributed by atoms with van der Waals surface area (Å²) in [5.74, 6) is 0.762. The Morgan fingerprint density at radius 2 is 2.19 bits per heavy atom. The topological polar surface area (TPSA) is 50.4 Å². The average molecular weight is 249 g/mol. The second-order valence-electron chi connectivity index (χ2n) is 4.57. The summed E-state index contributed by atoms with van der Waals surface area (Å²) in [5.41, 5.74) is 0. The third-order valence-electron chi connectivity index (χ3n) is 2.95. The van der Waals surface area contributed by atoms with Crippen LogP contribution >= 0.6 is 12.4 Å². The van der Waals surface area contributed by atoms with Gasteiger partial charge in [0.05, 0.1) is 6.61 Å². The highest BCUT2D eigenvalue weighted by atomic mass is 35.5. The van der Waals surface area contributed by atoms with E-state index in [1.165, 1.54) is 12.8 Å². The predicted molar refractivity (Wildman–Crippen MR) is 64.8 cm³/mol. The molecule has 1 saturated carbocycles. The number of carbonyl (C=O) groups excluding carboxylic acids is 1. The quantitative estimate of drug-likeness (QED) is 0.753. The van der Waals surface area contributed by atoms with Crippen LogP contribution in [0.25, 0.3) is 0 Å². The molecule has 0 radical (unpaired) electrons. The molecule has 0 bridgehead atoms. The molecule has 16 heavy (non-hydrogen) atoms. The molecule has 5 heteroatoms. The van der Waals surface area contributed by atoms with Crippen molar-refractivity contribution in [2.75, 3.05) is 26.3 Å². The molecule has 1 aliphatic heterocycles. The van der Waals surface area contributed by atoms with Crippen molar-refractivity contribution in [1.29, 1.82) is 0 Å². The first-order valence-electron chi connectivity index (χ1n) is 5.92. The third-order valence-corrected chi connectivity index (χ3v) is 2.95. The predicted octanol–water partition coefficient (Wildman–Crippen LogP) is 0.703. The molecule has 1 heterocycles. The van der Waals surface area contributed by atoms with Gasteiger partial charge in [0.2, 0.25) is 5.91 Å². The summed E-state index contributed by atoms with van der Waals surface area (Å²) in [7, 11) is 0. The van der Waals surface area contributed by atoms with Crippen molar-refractivity contribution in [2.24, 2.45) is 5.92 Å². The lowest BCUT2D eigenvalue weighted by Gasteiger charge is -2.23. The van der Waals surface area contributed by atoms with Gasteiger partial charge >= 0.3 is 0 Å². The zero-order valence-electron chi connectivity index (χ0n) is 9.54. The van der Waals surface area contributed by atoms with E-state index >= 15 is 0 Å². The summed E-state index contributed by atoms with van der Waals surface area (Å²) >= 11 is 0. The first kappa shape index (κ1) is 13.7. The van der Waals surface area contributed by atoms with Gasteiger partial charge in [0, 0.05) is 12.6 Å². The van der Waals surface area contributed by atoms with E-state index in [2.05, 4.69) is 10.6 Å². The molecule has 1 saturated heterocycles. The zero-order chi connectivity index (χ0) is 10.5. The van der Waals surface area contributed by atoms with Crippen LogP contribution in [0.3, 0.4) is 0 Å². The van der Waals surface area contributed by atoms with E-state index in [4.69, 9.17) is 4.74 Å². The molecule has 2 fully saturated rings. The van der Waals surface area contributed by atoms with Crippen LogP contribution < -0.4 is 10.6 Å². The standard InChI is InChI=1S/C11H20N2O2.ClH/c14-11(8-15-7-9-3-4-9)13-10-2-1-5-12-6-10;/h9-10,12H,1-8H2,(H,13,14);1H. The zero-order valence-corrected chi connectivity index (χ0v) is 10.4. The second-order valence-corrected chi connectivity index (χ2v) is 4.57. The van der Waals surface area contributed by atoms with Crippen molar-refractivity contribution < 1.29 is 9.53 Å². The largest absolute Gasteiger partial charge is 0.371 e. The highest BCUT2D eigenvalue weighted by molar-refractivity contribution is 5.85. The number of rotatable bonds is 5. The SMILES string of the molecule is Cl.O=C(COCC1CC1)NC1CCCNC1. The van der Waals surface area contributed by atoms with Crippen LogP contribution in [0.2, 0.25) is 0 Å². The van der Waals surface area contributed by atoms with Crippen LogP contribution in [0.15, 0.2) is 0 Å². The average Bonchev–Trinajstić information content (AvgIpc) is 3.03. The Hall–Kier alpha value is -0.320. The molecule has 94 valence electrons. The Morgan fingerprint density at radius 1 is 1.38 bits per heavy atom. The molecule has 0 aromatic rings. The van der Waals surface area contributed by atoms with Gasteiger partial charge in [-0.25, -0.2) is 0 Å². The number of nitrogens with one attached hydrogen (secondary N) is 2. The fourth-order valence-electron chi connectivity index (χ4n) is 1.85. The third kappa shape index (κ3) is 5.14. The fraction of sp³-hybridized carbons (Fsp3) is 0.909. The minimum atomic E-state index is 0. The normalized spacial score (nSPS) is 24.6. The maximum absolute atomic E-state index is 11.4. The molecule has 1 aliphatic carbocycles. The molecule has 0 aromatic heterocycles. The van der Waals surface area contributed by atoms with Gasteiger partial charge < -0.3 is 15.4 Å². The van der Waals surface area contributed by atoms with E-state index in [0.717, 1.165) is 38.5 Å². The van der Waals surface area contributed by atoms with Crippen LogP contribution in [0, 0.1) is 5.92 Å². The molecule has 0 aromatic carbocycles. The van der Waals surface area contributed by atoms with Gasteiger partial charge in [-0.1, -0.05) is 0 Å². The van der Waals surface area contributed by atoms with Crippen LogP contribution in [-0.2, 0) is 9.53 Å². The van der Waals surface area contributed by atoms with Crippen LogP contribution in [0.1, 0.15) is 25.7 Å². The minimum Gasteiger partial charge on any atom is -0.371 e. The van der Waals surface area contributed by atoms with E-state index in [1.807, 2.05) is 0 Å². The molecular formula is C11H21ClN2O2. The number of hydrogen-bond donors (Lipinski definition) is 2. The lowest BCUT2D eigenvalue weighted by atomic mass is 10.1. The Labute approximate surface area is 103 Å². The van der Waals surface area contributed by atoms with E-state index in [1.54, 1.807) is 0 Å². The van der Waals surface area contributed by atoms with Gasteiger partial charge in [0.25, 0.3) is 0 Å². The molecule has 1 unspecified atom stereocenters. The van der Waals surface area contributed by atoms with Gasteiger partial charge in [0.1, 0.15) is 6.61 Å². The monoisotopic (exact) mass is 248 g/mol. The van der Waals surface area contributed by atoms with Crippen molar-refractivity contribution in [1.82, 2.24) is 10.6 Å². The van der Waals surface area contributed by atoms with Crippen LogP contribution in [0.4, 0.5) is 0 Å². The Kier molecular flexibility index (Phi) is 6.09. The lowest BCUT2D eigenvalue weighted by molar-refractivity contribution is -0.126. The first-order chi connectivity index (χ1) is 7.34. The van der Waals surface area contributed by atoms with E-state index < -0.39 is 0 Å². The molecule has 2 aliphatic rings. The highest BCUT2D eigenvalue weighted by Gasteiger charge is 2.22. The van der Waals surface area contributed by atoms with E-state index in [0.29, 0.717) is 6.04 Å². The minimum absolute atomic E-state index is 0. The van der Waals surface area contributed by atoms with Crippen molar-refractivity contribution in [3.8, 4) is 0 Å². The number of piperidine rings is 1. The van der Waals surface area contributed by atoms with Crippen LogP contribution in [0.5, 0.6) is 0 Å². The van der Waals surface area contributed by atoms with E-state index in [-0.39, 0.29) is 24.9 Å². The van der Waals surface area contributed by atoms with Crippen molar-refractivity contribution >= 4 is 18.3 Å². The molecule has 4 nitrogen and oxygen atoms in total. The number of carbonyl (C=O) groups is 1. The van der Waals surface area contributed by atoms with Gasteiger partial charge in [-0.15, -0.1) is 12.4 Å². The van der Waals surface area contributed by atoms with Crippen molar-refractivity contribution in [3.63, 3.8) is 0 Å². The Bertz CT molecular complexity index is 216. The maximum Gasteiger partial charge on any atom is 0.246 e. The van der Waals surface area contributed by atoms with Gasteiger partial charge in [-0.05, 0) is 38.1 Å². The number of hydrogen-bond acceptors (Lipinski definition) is 3. The summed E-state index contributed by atoms with van der Waals surface area (Å²) in [5, 5.41) is 6.26. The Balaban J connectivity index is 0.00000128. The molecule has 1 amide bonds. The van der Waals surface area contributed by atoms with E-state index in [9.17, 15) is 4.79 Å². The van der Waals surface area contributed by atoms with Gasteiger partial charge in [-0.2, -0.15) is 0 Å². The Morgan fingerprint density at radius 3 is 2.81 bits per heavy atom. The fourth-order valence-corrected chi connectivity index (χ4v) is 1.85. The molecule has 2 rings (SSSR count). The molecular weight excluding hydrogens is 228 g/mol. The summed E-state index contributed by atoms with van der Waals surface area (Å²) in [6, 6.07) is 0.302. The summed E-state index contributed by atoms with van der Waals surface area (Å²) in [4.78, 5) is 11.4. The molecule has 1 atom stereocenters. The van der Waals surface area contributed by atoms with Gasteiger partial charge in [0.15, 0.2) is 0 Å². The highest BCUT2D eigenvalue weighted by Crippen LogP contribution is 2.28. The summed E-state index contributed by atoms with van der Waals surface area (Å²) < 4.78 is 5.33. The van der Waals surface area contributed by atoms with Gasteiger partial charge in [-0.3, -0.25) is 4.79 Å². The van der Waals surface area contributed by atoms with Crippen molar-refractivity contribution in [3.05, 3.63) is 0 Å². The van der Waals surface area contributed by atoms with Crippen molar-refractivity contribution in [2.45, 2.75) is 31.7 Å². The number of amides is 1. The number of ether oxygens (including phenoxy) is 1. The summed E-state index contributed by atoms with van der Waals surface area (Å²) in [6.07, 6.45) is 4.78.